The number of fused-ring (bicyclic) bond motifs is 1. The molecule has 0 spiro atoms. The number of carboxylic acid groups (broad SMARTS) is 1. The third-order valence-corrected chi connectivity index (χ3v) is 5.21. The number of aliphatic carboxylic acids is 1. The highest BCUT2D eigenvalue weighted by Gasteiger charge is 2.35. The molecule has 0 radical (unpaired) electrons. The number of hydrogen-bond donors (Lipinski definition) is 1. The van der Waals surface area contributed by atoms with Gasteiger partial charge in [0.15, 0.2) is 0 Å². The summed E-state index contributed by atoms with van der Waals surface area (Å²) in [6.45, 7) is 7.20. The van der Waals surface area contributed by atoms with Gasteiger partial charge in [-0.15, -0.1) is 11.3 Å². The Balaban J connectivity index is 2.03. The maximum Gasteiger partial charge on any atom is 0.323 e. The number of carbonyl (C=O) groups excluding carboxylic acids is 1. The molecule has 1 aliphatic rings. The van der Waals surface area contributed by atoms with Crippen LogP contribution in [0.1, 0.15) is 31.2 Å². The van der Waals surface area contributed by atoms with Crippen LogP contribution in [0, 0.1) is 0 Å². The van der Waals surface area contributed by atoms with Gasteiger partial charge in [-0.3, -0.25) is 14.5 Å². The summed E-state index contributed by atoms with van der Waals surface area (Å²) in [5.74, 6) is -0.904. The molecule has 116 valence electrons. The van der Waals surface area contributed by atoms with Crippen molar-refractivity contribution in [2.75, 3.05) is 19.6 Å². The Labute approximate surface area is 129 Å². The van der Waals surface area contributed by atoms with E-state index in [1.807, 2.05) is 11.8 Å². The summed E-state index contributed by atoms with van der Waals surface area (Å²) in [4.78, 5) is 28.7. The molecular formula is C15H22N2O3S. The summed E-state index contributed by atoms with van der Waals surface area (Å²) in [7, 11) is 0. The number of nitrogens with zero attached hydrogens (tertiary/aromatic N) is 2. The van der Waals surface area contributed by atoms with E-state index in [1.165, 1.54) is 10.4 Å². The van der Waals surface area contributed by atoms with Crippen LogP contribution in [-0.4, -0.2) is 52.0 Å². The van der Waals surface area contributed by atoms with Gasteiger partial charge in [0.1, 0.15) is 5.54 Å². The minimum absolute atomic E-state index is 0.00280. The largest absolute Gasteiger partial charge is 0.480 e. The molecule has 0 unspecified atom stereocenters. The number of rotatable bonds is 5. The molecule has 0 aliphatic carbocycles. The molecule has 1 amide bonds. The van der Waals surface area contributed by atoms with Crippen molar-refractivity contribution in [3.8, 4) is 0 Å². The van der Waals surface area contributed by atoms with E-state index in [4.69, 9.17) is 0 Å². The van der Waals surface area contributed by atoms with Crippen LogP contribution < -0.4 is 0 Å². The number of carbonyl (C=O) groups is 2. The molecule has 21 heavy (non-hydrogen) atoms. The SMILES string of the molecule is CCN(CC(=O)N1CCc2sccc2C1)C(C)(C)C(=O)O. The van der Waals surface area contributed by atoms with E-state index in [0.29, 0.717) is 13.1 Å². The quantitative estimate of drug-likeness (QED) is 0.901. The second kappa shape index (κ2) is 6.15. The van der Waals surface area contributed by atoms with Crippen molar-refractivity contribution in [2.24, 2.45) is 0 Å². The first-order chi connectivity index (χ1) is 9.86. The van der Waals surface area contributed by atoms with E-state index < -0.39 is 11.5 Å². The first kappa shape index (κ1) is 16.0. The molecule has 6 heteroatoms. The van der Waals surface area contributed by atoms with Gasteiger partial charge in [-0.25, -0.2) is 0 Å². The standard InChI is InChI=1S/C15H22N2O3S/c1-4-17(15(2,3)14(19)20)10-13(18)16-7-5-12-11(9-16)6-8-21-12/h6,8H,4-5,7,9-10H2,1-3H3,(H,19,20). The summed E-state index contributed by atoms with van der Waals surface area (Å²) < 4.78 is 0. The minimum Gasteiger partial charge on any atom is -0.480 e. The average molecular weight is 310 g/mol. The Hall–Kier alpha value is -1.40. The topological polar surface area (TPSA) is 60.9 Å². The molecule has 0 atom stereocenters. The smallest absolute Gasteiger partial charge is 0.323 e. The van der Waals surface area contributed by atoms with Crippen molar-refractivity contribution in [1.29, 1.82) is 0 Å². The van der Waals surface area contributed by atoms with Crippen molar-refractivity contribution in [3.63, 3.8) is 0 Å². The van der Waals surface area contributed by atoms with Crippen molar-refractivity contribution >= 4 is 23.2 Å². The van der Waals surface area contributed by atoms with Crippen LogP contribution in [0.2, 0.25) is 0 Å². The molecule has 1 N–H and O–H groups in total. The van der Waals surface area contributed by atoms with Crippen LogP contribution in [0.3, 0.4) is 0 Å². The third kappa shape index (κ3) is 3.27. The molecule has 1 aromatic heterocycles. The summed E-state index contributed by atoms with van der Waals surface area (Å²) in [6.07, 6.45) is 0.896. The number of thiophene rings is 1. The maximum absolute atomic E-state index is 12.5. The zero-order valence-electron chi connectivity index (χ0n) is 12.8. The van der Waals surface area contributed by atoms with E-state index >= 15 is 0 Å². The molecule has 2 heterocycles. The fraction of sp³-hybridized carbons (Fsp3) is 0.600. The predicted octanol–water partition coefficient (Wildman–Crippen LogP) is 1.82. The van der Waals surface area contributed by atoms with Crippen LogP contribution in [0.15, 0.2) is 11.4 Å². The van der Waals surface area contributed by atoms with Crippen LogP contribution in [0.4, 0.5) is 0 Å². The summed E-state index contributed by atoms with van der Waals surface area (Å²) in [6, 6.07) is 2.07. The zero-order valence-corrected chi connectivity index (χ0v) is 13.6. The Morgan fingerprint density at radius 2 is 2.19 bits per heavy atom. The molecule has 0 bridgehead atoms. The molecule has 1 aliphatic heterocycles. The molecule has 5 nitrogen and oxygen atoms in total. The lowest BCUT2D eigenvalue weighted by atomic mass is 10.0. The third-order valence-electron chi connectivity index (χ3n) is 4.18. The van der Waals surface area contributed by atoms with Crippen molar-refractivity contribution < 1.29 is 14.7 Å². The molecule has 0 saturated carbocycles. The van der Waals surface area contributed by atoms with Gasteiger partial charge in [-0.2, -0.15) is 0 Å². The number of hydrogen-bond acceptors (Lipinski definition) is 4. The number of carboxylic acids is 1. The van der Waals surface area contributed by atoms with E-state index in [2.05, 4.69) is 11.4 Å². The highest BCUT2D eigenvalue weighted by atomic mass is 32.1. The highest BCUT2D eigenvalue weighted by molar-refractivity contribution is 7.10. The van der Waals surface area contributed by atoms with E-state index in [1.54, 1.807) is 30.1 Å². The fourth-order valence-corrected chi connectivity index (χ4v) is 3.45. The van der Waals surface area contributed by atoms with E-state index in [-0.39, 0.29) is 12.5 Å². The first-order valence-corrected chi connectivity index (χ1v) is 8.05. The zero-order chi connectivity index (χ0) is 15.6. The molecular weight excluding hydrogens is 288 g/mol. The molecule has 0 fully saturated rings. The lowest BCUT2D eigenvalue weighted by molar-refractivity contribution is -0.151. The monoisotopic (exact) mass is 310 g/mol. The first-order valence-electron chi connectivity index (χ1n) is 7.17. The lowest BCUT2D eigenvalue weighted by Crippen LogP contribution is -2.54. The normalized spacial score (nSPS) is 15.1. The Bertz CT molecular complexity index is 539. The second-order valence-electron chi connectivity index (χ2n) is 5.81. The van der Waals surface area contributed by atoms with Gasteiger partial charge >= 0.3 is 5.97 Å². The van der Waals surface area contributed by atoms with E-state index in [9.17, 15) is 14.7 Å². The van der Waals surface area contributed by atoms with E-state index in [0.717, 1.165) is 13.0 Å². The van der Waals surface area contributed by atoms with Crippen molar-refractivity contribution in [2.45, 2.75) is 39.3 Å². The Morgan fingerprint density at radius 1 is 1.48 bits per heavy atom. The van der Waals surface area contributed by atoms with Gasteiger partial charge in [-0.1, -0.05) is 6.92 Å². The van der Waals surface area contributed by atoms with Crippen LogP contribution >= 0.6 is 11.3 Å². The Kier molecular flexibility index (Phi) is 4.68. The number of likely N-dealkylation sites (N-methyl/N-ethyl adjacent to an activating group) is 1. The summed E-state index contributed by atoms with van der Waals surface area (Å²) in [5, 5.41) is 11.4. The fourth-order valence-electron chi connectivity index (χ4n) is 2.56. The second-order valence-corrected chi connectivity index (χ2v) is 6.81. The molecule has 0 aromatic carbocycles. The lowest BCUT2D eigenvalue weighted by Gasteiger charge is -2.36. The highest BCUT2D eigenvalue weighted by Crippen LogP contribution is 2.24. The van der Waals surface area contributed by atoms with Crippen LogP contribution in [-0.2, 0) is 22.6 Å². The van der Waals surface area contributed by atoms with Crippen molar-refractivity contribution in [1.82, 2.24) is 9.80 Å². The van der Waals surface area contributed by atoms with Crippen LogP contribution in [0.25, 0.3) is 0 Å². The average Bonchev–Trinajstić information content (AvgIpc) is 2.91. The van der Waals surface area contributed by atoms with Gasteiger partial charge in [0.25, 0.3) is 0 Å². The minimum atomic E-state index is -1.03. The summed E-state index contributed by atoms with van der Waals surface area (Å²) in [5.41, 5.74) is 0.188. The Morgan fingerprint density at radius 3 is 2.81 bits per heavy atom. The molecule has 0 saturated heterocycles. The van der Waals surface area contributed by atoms with Gasteiger partial charge < -0.3 is 10.0 Å². The van der Waals surface area contributed by atoms with Crippen LogP contribution in [0.5, 0.6) is 0 Å². The van der Waals surface area contributed by atoms with Gasteiger partial charge in [0.2, 0.25) is 5.91 Å². The van der Waals surface area contributed by atoms with Gasteiger partial charge in [0.05, 0.1) is 6.54 Å². The summed E-state index contributed by atoms with van der Waals surface area (Å²) >= 11 is 1.74. The van der Waals surface area contributed by atoms with Crippen molar-refractivity contribution in [3.05, 3.63) is 21.9 Å². The molecule has 1 aromatic rings. The van der Waals surface area contributed by atoms with Gasteiger partial charge in [0, 0.05) is 18.0 Å². The maximum atomic E-state index is 12.5. The molecule has 2 rings (SSSR count). The van der Waals surface area contributed by atoms with Gasteiger partial charge in [-0.05, 0) is 43.8 Å². The predicted molar refractivity (Wildman–Crippen MR) is 82.4 cm³/mol. The number of amides is 1.